The summed E-state index contributed by atoms with van der Waals surface area (Å²) in [5, 5.41) is -0.368. The van der Waals surface area contributed by atoms with Gasteiger partial charge >= 0.3 is 6.18 Å². The molecule has 35 heavy (non-hydrogen) atoms. The van der Waals surface area contributed by atoms with Gasteiger partial charge in [-0.25, -0.2) is 8.42 Å². The van der Waals surface area contributed by atoms with Crippen molar-refractivity contribution in [3.05, 3.63) is 63.3 Å². The fourth-order valence-corrected chi connectivity index (χ4v) is 5.03. The molecule has 186 valence electrons. The second-order valence-corrected chi connectivity index (χ2v) is 10.9. The molecular weight excluding hydrogens is 511 g/mol. The van der Waals surface area contributed by atoms with Gasteiger partial charge in [-0.15, -0.1) is 0 Å². The Morgan fingerprint density at radius 1 is 1.23 bits per heavy atom. The van der Waals surface area contributed by atoms with E-state index in [1.165, 1.54) is 17.0 Å². The van der Waals surface area contributed by atoms with Gasteiger partial charge < -0.3 is 14.1 Å². The standard InChI is InChI=1S/C23H19ClF3NO6S/c1-35(31,32)14-7-8-28(11-14)21(30)12-33-19-9-13(23(25,26)27)5-6-16(19)20-10-18(29)15-3-2-4-17(24)22(15)34-20/h2-6,9-10,14H,7-8,11-12H2,1H3. The third-order valence-corrected chi connectivity index (χ3v) is 7.63. The van der Waals surface area contributed by atoms with Crippen molar-refractivity contribution in [3.63, 3.8) is 0 Å². The molecule has 1 aliphatic heterocycles. The first kappa shape index (κ1) is 25.1. The number of carbonyl (C=O) groups is 1. The summed E-state index contributed by atoms with van der Waals surface area (Å²) in [6.45, 7) is -0.467. The summed E-state index contributed by atoms with van der Waals surface area (Å²) in [4.78, 5) is 26.4. The minimum Gasteiger partial charge on any atom is -0.483 e. The van der Waals surface area contributed by atoms with Gasteiger partial charge in [-0.3, -0.25) is 9.59 Å². The van der Waals surface area contributed by atoms with Crippen LogP contribution in [0.25, 0.3) is 22.3 Å². The van der Waals surface area contributed by atoms with Crippen molar-refractivity contribution >= 4 is 38.3 Å². The maximum atomic E-state index is 13.3. The van der Waals surface area contributed by atoms with Gasteiger partial charge in [0.05, 0.1) is 26.8 Å². The minimum absolute atomic E-state index is 0.0140. The molecular formula is C23H19ClF3NO6S. The number of fused-ring (bicyclic) bond motifs is 1. The van der Waals surface area contributed by atoms with Gasteiger partial charge in [-0.1, -0.05) is 17.7 Å². The number of amides is 1. The maximum absolute atomic E-state index is 13.3. The van der Waals surface area contributed by atoms with Crippen molar-refractivity contribution in [1.29, 1.82) is 0 Å². The molecule has 1 unspecified atom stereocenters. The molecule has 2 aromatic carbocycles. The highest BCUT2D eigenvalue weighted by Crippen LogP contribution is 2.38. The molecule has 7 nitrogen and oxygen atoms in total. The highest BCUT2D eigenvalue weighted by atomic mass is 35.5. The molecule has 1 aromatic heterocycles. The Balaban J connectivity index is 1.67. The second-order valence-electron chi connectivity index (χ2n) is 8.17. The Morgan fingerprint density at radius 3 is 2.63 bits per heavy atom. The third kappa shape index (κ3) is 5.30. The van der Waals surface area contributed by atoms with Gasteiger partial charge in [0.1, 0.15) is 11.5 Å². The number of benzene rings is 2. The van der Waals surface area contributed by atoms with E-state index in [4.69, 9.17) is 20.8 Å². The van der Waals surface area contributed by atoms with Crippen LogP contribution in [0.3, 0.4) is 0 Å². The number of sulfone groups is 1. The number of hydrogen-bond acceptors (Lipinski definition) is 6. The van der Waals surface area contributed by atoms with Crippen LogP contribution in [0.1, 0.15) is 12.0 Å². The highest BCUT2D eigenvalue weighted by Gasteiger charge is 2.34. The minimum atomic E-state index is -4.69. The van der Waals surface area contributed by atoms with Crippen LogP contribution in [0.2, 0.25) is 5.02 Å². The zero-order chi connectivity index (χ0) is 25.5. The van der Waals surface area contributed by atoms with Crippen molar-refractivity contribution in [2.75, 3.05) is 26.0 Å². The van der Waals surface area contributed by atoms with Crippen LogP contribution in [0.15, 0.2) is 51.7 Å². The Hall–Kier alpha value is -3.05. The summed E-state index contributed by atoms with van der Waals surface area (Å²) in [5.41, 5.74) is -1.42. The lowest BCUT2D eigenvalue weighted by atomic mass is 10.1. The number of alkyl halides is 3. The van der Waals surface area contributed by atoms with Gasteiger partial charge in [0.25, 0.3) is 5.91 Å². The summed E-state index contributed by atoms with van der Waals surface area (Å²) in [5.74, 6) is -1.01. The smallest absolute Gasteiger partial charge is 0.416 e. The van der Waals surface area contributed by atoms with Crippen LogP contribution >= 0.6 is 11.6 Å². The molecule has 0 aliphatic carbocycles. The Kier molecular flexibility index (Phi) is 6.58. The van der Waals surface area contributed by atoms with Gasteiger partial charge in [0, 0.05) is 25.4 Å². The number of ether oxygens (including phenoxy) is 1. The van der Waals surface area contributed by atoms with Crippen molar-refractivity contribution in [2.24, 2.45) is 0 Å². The number of para-hydroxylation sites is 1. The summed E-state index contributed by atoms with van der Waals surface area (Å²) < 4.78 is 74.7. The number of likely N-dealkylation sites (tertiary alicyclic amines) is 1. The SMILES string of the molecule is CS(=O)(=O)C1CCN(C(=O)COc2cc(C(F)(F)F)ccc2-c2cc(=O)c3cccc(Cl)c3o2)C1. The molecule has 1 atom stereocenters. The molecule has 0 spiro atoms. The first-order valence-electron chi connectivity index (χ1n) is 10.4. The monoisotopic (exact) mass is 529 g/mol. The average molecular weight is 530 g/mol. The highest BCUT2D eigenvalue weighted by molar-refractivity contribution is 7.91. The van der Waals surface area contributed by atoms with Gasteiger partial charge in [-0.2, -0.15) is 13.2 Å². The predicted molar refractivity (Wildman–Crippen MR) is 123 cm³/mol. The van der Waals surface area contributed by atoms with E-state index >= 15 is 0 Å². The van der Waals surface area contributed by atoms with Crippen LogP contribution in [-0.4, -0.2) is 50.4 Å². The predicted octanol–water partition coefficient (Wildman–Crippen LogP) is 4.16. The normalized spacial score (nSPS) is 16.6. The summed E-state index contributed by atoms with van der Waals surface area (Å²) in [7, 11) is -3.34. The fraction of sp³-hybridized carbons (Fsp3) is 0.304. The molecule has 2 heterocycles. The van der Waals surface area contributed by atoms with E-state index in [0.29, 0.717) is 6.07 Å². The van der Waals surface area contributed by atoms with Gasteiger partial charge in [0.2, 0.25) is 0 Å². The molecule has 0 radical (unpaired) electrons. The van der Waals surface area contributed by atoms with Crippen LogP contribution in [0, 0.1) is 0 Å². The number of nitrogens with zero attached hydrogens (tertiary/aromatic N) is 1. The van der Waals surface area contributed by atoms with Crippen LogP contribution in [0.4, 0.5) is 13.2 Å². The summed E-state index contributed by atoms with van der Waals surface area (Å²) in [6.07, 6.45) is -3.34. The number of hydrogen-bond donors (Lipinski definition) is 0. The molecule has 1 saturated heterocycles. The number of rotatable bonds is 5. The summed E-state index contributed by atoms with van der Waals surface area (Å²) in [6, 6.07) is 8.26. The van der Waals surface area contributed by atoms with E-state index in [-0.39, 0.29) is 52.6 Å². The lowest BCUT2D eigenvalue weighted by Crippen LogP contribution is -2.35. The van der Waals surface area contributed by atoms with E-state index in [2.05, 4.69) is 0 Å². The largest absolute Gasteiger partial charge is 0.483 e. The van der Waals surface area contributed by atoms with Crippen LogP contribution in [-0.2, 0) is 20.8 Å². The van der Waals surface area contributed by atoms with Gasteiger partial charge in [-0.05, 0) is 36.8 Å². The van der Waals surface area contributed by atoms with E-state index in [1.54, 1.807) is 6.07 Å². The molecule has 1 amide bonds. The lowest BCUT2D eigenvalue weighted by Gasteiger charge is -2.18. The quantitative estimate of drug-likeness (QED) is 0.493. The van der Waals surface area contributed by atoms with Crippen molar-refractivity contribution in [3.8, 4) is 17.1 Å². The van der Waals surface area contributed by atoms with Crippen molar-refractivity contribution < 1.29 is 35.5 Å². The fourth-order valence-electron chi connectivity index (χ4n) is 3.83. The first-order valence-corrected chi connectivity index (χ1v) is 12.7. The number of halogens is 4. The van der Waals surface area contributed by atoms with E-state index in [0.717, 1.165) is 24.5 Å². The Bertz CT molecular complexity index is 1470. The molecule has 4 rings (SSSR count). The first-order chi connectivity index (χ1) is 16.3. The topological polar surface area (TPSA) is 93.9 Å². The summed E-state index contributed by atoms with van der Waals surface area (Å²) >= 11 is 6.13. The molecule has 3 aromatic rings. The van der Waals surface area contributed by atoms with Crippen LogP contribution < -0.4 is 10.2 Å². The van der Waals surface area contributed by atoms with E-state index < -0.39 is 44.8 Å². The zero-order valence-corrected chi connectivity index (χ0v) is 19.8. The lowest BCUT2D eigenvalue weighted by molar-refractivity contribution is -0.137. The third-order valence-electron chi connectivity index (χ3n) is 5.74. The average Bonchev–Trinajstić information content (AvgIpc) is 3.28. The van der Waals surface area contributed by atoms with E-state index in [9.17, 15) is 31.2 Å². The van der Waals surface area contributed by atoms with E-state index in [1.807, 2.05) is 0 Å². The molecule has 12 heteroatoms. The number of carbonyl (C=O) groups excluding carboxylic acids is 1. The molecule has 0 N–H and O–H groups in total. The van der Waals surface area contributed by atoms with Crippen molar-refractivity contribution in [1.82, 2.24) is 4.90 Å². The molecule has 1 aliphatic rings. The van der Waals surface area contributed by atoms with Gasteiger partial charge in [0.15, 0.2) is 27.5 Å². The Morgan fingerprint density at radius 2 is 1.97 bits per heavy atom. The maximum Gasteiger partial charge on any atom is 0.416 e. The molecule has 0 bridgehead atoms. The zero-order valence-electron chi connectivity index (χ0n) is 18.3. The van der Waals surface area contributed by atoms with Crippen LogP contribution in [0.5, 0.6) is 5.75 Å². The Labute approximate surface area is 203 Å². The molecule has 1 fully saturated rings. The van der Waals surface area contributed by atoms with Crippen molar-refractivity contribution in [2.45, 2.75) is 17.8 Å². The second kappa shape index (κ2) is 9.19. The molecule has 0 saturated carbocycles.